The number of aryl methyl sites for hydroxylation is 2. The average Bonchev–Trinajstić information content (AvgIpc) is 2.30. The van der Waals surface area contributed by atoms with E-state index in [1.807, 2.05) is 18.2 Å². The van der Waals surface area contributed by atoms with Gasteiger partial charge in [-0.25, -0.2) is 0 Å². The van der Waals surface area contributed by atoms with Gasteiger partial charge in [-0.1, -0.05) is 32.1 Å². The SMILES string of the molecule is [O-][n+]1c2cccc1CCCCCCCCC2. The minimum Gasteiger partial charge on any atom is -0.618 e. The van der Waals surface area contributed by atoms with E-state index in [-0.39, 0.29) is 0 Å². The van der Waals surface area contributed by atoms with Crippen molar-refractivity contribution in [2.24, 2.45) is 0 Å². The number of hydrogen-bond acceptors (Lipinski definition) is 1. The fourth-order valence-electron chi connectivity index (χ4n) is 2.46. The van der Waals surface area contributed by atoms with Gasteiger partial charge in [0.15, 0.2) is 11.4 Å². The standard InChI is InChI=1S/C14H21NO/c16-15-13-9-6-4-2-1-3-5-7-10-14(15)12-8-11-13/h8,11-12H,1-7,9-10H2. The van der Waals surface area contributed by atoms with Crippen LogP contribution in [-0.4, -0.2) is 0 Å². The van der Waals surface area contributed by atoms with Crippen LogP contribution in [0.15, 0.2) is 18.2 Å². The van der Waals surface area contributed by atoms with E-state index in [1.54, 1.807) is 0 Å². The normalized spacial score (nSPS) is 18.5. The minimum atomic E-state index is 0.942. The Bertz CT molecular complexity index is 307. The maximum atomic E-state index is 12.0. The van der Waals surface area contributed by atoms with Crippen LogP contribution in [0.3, 0.4) is 0 Å². The molecule has 1 aromatic rings. The van der Waals surface area contributed by atoms with Gasteiger partial charge in [0, 0.05) is 25.0 Å². The second-order valence-corrected chi connectivity index (χ2v) is 4.78. The van der Waals surface area contributed by atoms with Crippen LogP contribution in [0.5, 0.6) is 0 Å². The Labute approximate surface area is 97.9 Å². The van der Waals surface area contributed by atoms with E-state index in [1.165, 1.54) is 36.8 Å². The van der Waals surface area contributed by atoms with Crippen LogP contribution < -0.4 is 4.73 Å². The Balaban J connectivity index is 2.12. The molecule has 0 N–H and O–H groups in total. The lowest BCUT2D eigenvalue weighted by Gasteiger charge is -2.10. The lowest BCUT2D eigenvalue weighted by Crippen LogP contribution is -2.36. The number of nitrogens with zero attached hydrogens (tertiary/aromatic N) is 1. The fourth-order valence-corrected chi connectivity index (χ4v) is 2.46. The van der Waals surface area contributed by atoms with Gasteiger partial charge in [0.05, 0.1) is 0 Å². The summed E-state index contributed by atoms with van der Waals surface area (Å²) >= 11 is 0. The molecule has 0 fully saturated rings. The van der Waals surface area contributed by atoms with E-state index in [9.17, 15) is 5.21 Å². The third-order valence-electron chi connectivity index (χ3n) is 3.46. The number of hydrogen-bond donors (Lipinski definition) is 0. The van der Waals surface area contributed by atoms with Crippen LogP contribution in [0, 0.1) is 5.21 Å². The second kappa shape index (κ2) is 5.88. The fraction of sp³-hybridized carbons (Fsp3) is 0.643. The van der Waals surface area contributed by atoms with Gasteiger partial charge < -0.3 is 5.21 Å². The molecule has 0 amide bonds. The van der Waals surface area contributed by atoms with Gasteiger partial charge in [-0.2, -0.15) is 4.73 Å². The van der Waals surface area contributed by atoms with E-state index in [2.05, 4.69) is 0 Å². The minimum absolute atomic E-state index is 0.942. The summed E-state index contributed by atoms with van der Waals surface area (Å²) in [7, 11) is 0. The van der Waals surface area contributed by atoms with Gasteiger partial charge in [-0.05, 0) is 18.9 Å². The van der Waals surface area contributed by atoms with Gasteiger partial charge in [-0.3, -0.25) is 0 Å². The van der Waals surface area contributed by atoms with E-state index >= 15 is 0 Å². The molecule has 2 nitrogen and oxygen atoms in total. The molecule has 1 aliphatic heterocycles. The molecule has 2 heteroatoms. The van der Waals surface area contributed by atoms with Crippen molar-refractivity contribution in [3.63, 3.8) is 0 Å². The first kappa shape index (κ1) is 11.4. The Morgan fingerprint density at radius 2 is 1.19 bits per heavy atom. The summed E-state index contributed by atoms with van der Waals surface area (Å²) in [6, 6.07) is 5.98. The first-order valence-corrected chi connectivity index (χ1v) is 6.58. The Morgan fingerprint density at radius 3 is 1.69 bits per heavy atom. The molecule has 0 radical (unpaired) electrons. The zero-order valence-corrected chi connectivity index (χ0v) is 9.95. The zero-order chi connectivity index (χ0) is 11.2. The first-order chi connectivity index (χ1) is 7.88. The first-order valence-electron chi connectivity index (χ1n) is 6.58. The van der Waals surface area contributed by atoms with Crippen LogP contribution in [-0.2, 0) is 12.8 Å². The Hall–Kier alpha value is -1.05. The maximum absolute atomic E-state index is 12.0. The Morgan fingerprint density at radius 1 is 0.750 bits per heavy atom. The molecule has 1 aliphatic rings. The topological polar surface area (TPSA) is 26.9 Å². The van der Waals surface area contributed by atoms with Gasteiger partial charge in [-0.15, -0.1) is 0 Å². The predicted molar refractivity (Wildman–Crippen MR) is 65.1 cm³/mol. The Kier molecular flexibility index (Phi) is 4.20. The molecule has 0 atom stereocenters. The van der Waals surface area contributed by atoms with Gasteiger partial charge >= 0.3 is 0 Å². The van der Waals surface area contributed by atoms with Crippen molar-refractivity contribution in [2.75, 3.05) is 0 Å². The van der Waals surface area contributed by atoms with E-state index in [4.69, 9.17) is 0 Å². The van der Waals surface area contributed by atoms with Crippen molar-refractivity contribution in [3.05, 3.63) is 34.8 Å². The van der Waals surface area contributed by atoms with Crippen LogP contribution in [0.4, 0.5) is 0 Å². The molecular weight excluding hydrogens is 198 g/mol. The average molecular weight is 219 g/mol. The van der Waals surface area contributed by atoms with Crippen LogP contribution in [0.25, 0.3) is 0 Å². The highest BCUT2D eigenvalue weighted by Crippen LogP contribution is 2.12. The molecule has 1 aromatic heterocycles. The third kappa shape index (κ3) is 2.97. The van der Waals surface area contributed by atoms with E-state index in [0.29, 0.717) is 0 Å². The summed E-state index contributed by atoms with van der Waals surface area (Å²) in [5.74, 6) is 0. The number of pyridine rings is 1. The quantitative estimate of drug-likeness (QED) is 0.486. The zero-order valence-electron chi connectivity index (χ0n) is 9.95. The molecule has 2 bridgehead atoms. The highest BCUT2D eigenvalue weighted by atomic mass is 16.5. The summed E-state index contributed by atoms with van der Waals surface area (Å²) < 4.78 is 1.17. The molecular formula is C14H21NO. The molecule has 88 valence electrons. The van der Waals surface area contributed by atoms with Crippen molar-refractivity contribution < 1.29 is 4.73 Å². The van der Waals surface area contributed by atoms with Crippen LogP contribution in [0.2, 0.25) is 0 Å². The maximum Gasteiger partial charge on any atom is 0.193 e. The molecule has 0 aromatic carbocycles. The van der Waals surface area contributed by atoms with Crippen molar-refractivity contribution in [3.8, 4) is 0 Å². The molecule has 0 saturated carbocycles. The van der Waals surface area contributed by atoms with Crippen molar-refractivity contribution in [1.29, 1.82) is 0 Å². The third-order valence-corrected chi connectivity index (χ3v) is 3.46. The molecule has 0 saturated heterocycles. The van der Waals surface area contributed by atoms with Crippen molar-refractivity contribution in [1.82, 2.24) is 0 Å². The summed E-state index contributed by atoms with van der Waals surface area (Å²) in [5, 5.41) is 12.0. The van der Waals surface area contributed by atoms with Gasteiger partial charge in [0.2, 0.25) is 0 Å². The molecule has 0 unspecified atom stereocenters. The van der Waals surface area contributed by atoms with Gasteiger partial charge in [0.1, 0.15) is 0 Å². The van der Waals surface area contributed by atoms with Crippen molar-refractivity contribution >= 4 is 0 Å². The largest absolute Gasteiger partial charge is 0.618 e. The molecule has 16 heavy (non-hydrogen) atoms. The van der Waals surface area contributed by atoms with E-state index < -0.39 is 0 Å². The molecule has 2 rings (SSSR count). The number of aromatic nitrogens is 1. The summed E-state index contributed by atoms with van der Waals surface area (Å²) in [6.45, 7) is 0. The number of rotatable bonds is 0. The highest BCUT2D eigenvalue weighted by molar-refractivity contribution is 5.04. The molecule has 2 heterocycles. The smallest absolute Gasteiger partial charge is 0.193 e. The monoisotopic (exact) mass is 219 g/mol. The van der Waals surface area contributed by atoms with Gasteiger partial charge in [0.25, 0.3) is 0 Å². The summed E-state index contributed by atoms with van der Waals surface area (Å²) in [5.41, 5.74) is 1.91. The lowest BCUT2D eigenvalue weighted by atomic mass is 10.0. The summed E-state index contributed by atoms with van der Waals surface area (Å²) in [4.78, 5) is 0. The highest BCUT2D eigenvalue weighted by Gasteiger charge is 2.11. The predicted octanol–water partition coefficient (Wildman–Crippen LogP) is 3.15. The van der Waals surface area contributed by atoms with Crippen LogP contribution in [0.1, 0.15) is 56.3 Å². The molecule has 0 aliphatic carbocycles. The lowest BCUT2D eigenvalue weighted by molar-refractivity contribution is -0.622. The van der Waals surface area contributed by atoms with Crippen LogP contribution >= 0.6 is 0 Å². The van der Waals surface area contributed by atoms with Crippen molar-refractivity contribution in [2.45, 2.75) is 57.8 Å². The molecule has 0 spiro atoms. The number of fused-ring (bicyclic) bond motifs is 2. The summed E-state index contributed by atoms with van der Waals surface area (Å²) in [6.07, 6.45) is 10.8. The second-order valence-electron chi connectivity index (χ2n) is 4.78. The van der Waals surface area contributed by atoms with E-state index in [0.717, 1.165) is 37.1 Å².